The summed E-state index contributed by atoms with van der Waals surface area (Å²) >= 11 is 0. The standard InChI is InChI=1S/C14H19N5O2S/c1-17(2)22(20,21)19-9-7-18(8-10-19)14-13-6-4-3-5-12(13)11-15-16-14/h3-6,11H,7-10H2,1-2H3. The van der Waals surface area contributed by atoms with Gasteiger partial charge in [-0.2, -0.15) is 22.1 Å². The van der Waals surface area contributed by atoms with E-state index in [4.69, 9.17) is 0 Å². The smallest absolute Gasteiger partial charge is 0.281 e. The van der Waals surface area contributed by atoms with Crippen molar-refractivity contribution in [2.75, 3.05) is 45.2 Å². The fraction of sp³-hybridized carbons (Fsp3) is 0.429. The highest BCUT2D eigenvalue weighted by atomic mass is 32.2. The van der Waals surface area contributed by atoms with Gasteiger partial charge in [0, 0.05) is 51.0 Å². The Balaban J connectivity index is 1.82. The molecule has 0 spiro atoms. The van der Waals surface area contributed by atoms with Crippen molar-refractivity contribution in [3.05, 3.63) is 30.5 Å². The Morgan fingerprint density at radius 1 is 1.09 bits per heavy atom. The molecule has 22 heavy (non-hydrogen) atoms. The fourth-order valence-corrected chi connectivity index (χ4v) is 3.69. The Bertz CT molecular complexity index is 764. The molecule has 0 N–H and O–H groups in total. The number of nitrogens with zero attached hydrogens (tertiary/aromatic N) is 5. The number of hydrogen-bond acceptors (Lipinski definition) is 5. The molecule has 1 saturated heterocycles. The van der Waals surface area contributed by atoms with Gasteiger partial charge in [0.15, 0.2) is 5.82 Å². The van der Waals surface area contributed by atoms with Gasteiger partial charge in [-0.15, -0.1) is 5.10 Å². The Morgan fingerprint density at radius 2 is 1.77 bits per heavy atom. The number of aromatic nitrogens is 2. The molecule has 0 bridgehead atoms. The van der Waals surface area contributed by atoms with Crippen LogP contribution in [0.25, 0.3) is 10.8 Å². The maximum absolute atomic E-state index is 12.1. The molecule has 2 aromatic rings. The third-order valence-corrected chi connectivity index (χ3v) is 5.82. The molecule has 1 aromatic carbocycles. The van der Waals surface area contributed by atoms with Crippen LogP contribution in [0.4, 0.5) is 5.82 Å². The molecule has 0 radical (unpaired) electrons. The van der Waals surface area contributed by atoms with Crippen LogP contribution >= 0.6 is 0 Å². The third-order valence-electron chi connectivity index (χ3n) is 3.88. The molecule has 1 aliphatic rings. The average molecular weight is 321 g/mol. The number of piperazine rings is 1. The van der Waals surface area contributed by atoms with E-state index in [-0.39, 0.29) is 0 Å². The van der Waals surface area contributed by atoms with Gasteiger partial charge < -0.3 is 4.90 Å². The second kappa shape index (κ2) is 5.79. The summed E-state index contributed by atoms with van der Waals surface area (Å²) in [5.74, 6) is 0.819. The molecule has 0 saturated carbocycles. The highest BCUT2D eigenvalue weighted by molar-refractivity contribution is 7.86. The van der Waals surface area contributed by atoms with Crippen molar-refractivity contribution in [1.82, 2.24) is 18.8 Å². The first-order valence-corrected chi connectivity index (χ1v) is 8.53. The van der Waals surface area contributed by atoms with Crippen molar-refractivity contribution < 1.29 is 8.42 Å². The number of benzene rings is 1. The summed E-state index contributed by atoms with van der Waals surface area (Å²) in [6, 6.07) is 7.96. The third kappa shape index (κ3) is 2.65. The highest BCUT2D eigenvalue weighted by Gasteiger charge is 2.29. The second-order valence-corrected chi connectivity index (χ2v) is 7.57. The molecule has 1 aromatic heterocycles. The van der Waals surface area contributed by atoms with Crippen LogP contribution < -0.4 is 4.90 Å². The molecular weight excluding hydrogens is 302 g/mol. The Morgan fingerprint density at radius 3 is 2.45 bits per heavy atom. The Kier molecular flexibility index (Phi) is 3.98. The van der Waals surface area contributed by atoms with E-state index in [1.54, 1.807) is 20.3 Å². The number of hydrogen-bond donors (Lipinski definition) is 0. The van der Waals surface area contributed by atoms with Gasteiger partial charge >= 0.3 is 0 Å². The van der Waals surface area contributed by atoms with E-state index in [1.165, 1.54) is 8.61 Å². The van der Waals surface area contributed by atoms with Gasteiger partial charge in [0.05, 0.1) is 6.20 Å². The highest BCUT2D eigenvalue weighted by Crippen LogP contribution is 2.24. The minimum atomic E-state index is -3.34. The predicted molar refractivity (Wildman–Crippen MR) is 85.9 cm³/mol. The van der Waals surface area contributed by atoms with Crippen molar-refractivity contribution in [2.24, 2.45) is 0 Å². The quantitative estimate of drug-likeness (QED) is 0.826. The molecular formula is C14H19N5O2S. The first kappa shape index (κ1) is 15.1. The second-order valence-electron chi connectivity index (χ2n) is 5.43. The number of rotatable bonds is 3. The van der Waals surface area contributed by atoms with Crippen LogP contribution in [-0.4, -0.2) is 67.5 Å². The Labute approximate surface area is 130 Å². The van der Waals surface area contributed by atoms with Gasteiger partial charge in [-0.05, 0) is 0 Å². The lowest BCUT2D eigenvalue weighted by atomic mass is 10.2. The molecule has 118 valence electrons. The molecule has 0 unspecified atom stereocenters. The summed E-state index contributed by atoms with van der Waals surface area (Å²) in [4.78, 5) is 2.09. The lowest BCUT2D eigenvalue weighted by Crippen LogP contribution is -2.52. The number of fused-ring (bicyclic) bond motifs is 1. The molecule has 0 aliphatic carbocycles. The van der Waals surface area contributed by atoms with E-state index in [0.717, 1.165) is 16.6 Å². The maximum Gasteiger partial charge on any atom is 0.281 e. The first-order chi connectivity index (χ1) is 10.5. The number of anilines is 1. The zero-order valence-corrected chi connectivity index (χ0v) is 13.5. The molecule has 3 rings (SSSR count). The van der Waals surface area contributed by atoms with Crippen molar-refractivity contribution >= 4 is 26.8 Å². The van der Waals surface area contributed by atoms with Crippen molar-refractivity contribution in [3.8, 4) is 0 Å². The normalized spacial score (nSPS) is 17.3. The molecule has 1 aliphatic heterocycles. The van der Waals surface area contributed by atoms with Crippen LogP contribution in [0.2, 0.25) is 0 Å². The van der Waals surface area contributed by atoms with E-state index in [0.29, 0.717) is 26.2 Å². The molecule has 8 heteroatoms. The van der Waals surface area contributed by atoms with Gasteiger partial charge in [-0.3, -0.25) is 0 Å². The first-order valence-electron chi connectivity index (χ1n) is 7.13. The summed E-state index contributed by atoms with van der Waals surface area (Å²) in [5.41, 5.74) is 0. The van der Waals surface area contributed by atoms with E-state index in [1.807, 2.05) is 24.3 Å². The molecule has 1 fully saturated rings. The van der Waals surface area contributed by atoms with E-state index < -0.39 is 10.2 Å². The lowest BCUT2D eigenvalue weighted by molar-refractivity contribution is 0.355. The molecule has 2 heterocycles. The largest absolute Gasteiger partial charge is 0.352 e. The van der Waals surface area contributed by atoms with Crippen LogP contribution in [0.5, 0.6) is 0 Å². The van der Waals surface area contributed by atoms with Crippen molar-refractivity contribution in [1.29, 1.82) is 0 Å². The van der Waals surface area contributed by atoms with Crippen LogP contribution in [0, 0.1) is 0 Å². The fourth-order valence-electron chi connectivity index (χ4n) is 2.61. The zero-order chi connectivity index (χ0) is 15.7. The SMILES string of the molecule is CN(C)S(=O)(=O)N1CCN(c2nncc3ccccc23)CC1. The van der Waals surface area contributed by atoms with E-state index in [2.05, 4.69) is 15.1 Å². The van der Waals surface area contributed by atoms with Gasteiger partial charge in [-0.1, -0.05) is 24.3 Å². The van der Waals surface area contributed by atoms with Crippen molar-refractivity contribution in [3.63, 3.8) is 0 Å². The zero-order valence-electron chi connectivity index (χ0n) is 12.7. The van der Waals surface area contributed by atoms with Crippen LogP contribution in [0.15, 0.2) is 30.5 Å². The average Bonchev–Trinajstić information content (AvgIpc) is 2.54. The van der Waals surface area contributed by atoms with Crippen LogP contribution in [0.1, 0.15) is 0 Å². The van der Waals surface area contributed by atoms with Gasteiger partial charge in [0.1, 0.15) is 0 Å². The minimum Gasteiger partial charge on any atom is -0.352 e. The monoisotopic (exact) mass is 321 g/mol. The lowest BCUT2D eigenvalue weighted by Gasteiger charge is -2.35. The summed E-state index contributed by atoms with van der Waals surface area (Å²) in [6.45, 7) is 2.11. The van der Waals surface area contributed by atoms with Gasteiger partial charge in [-0.25, -0.2) is 0 Å². The Hall–Kier alpha value is -1.77. The summed E-state index contributed by atoms with van der Waals surface area (Å²) in [6.07, 6.45) is 1.74. The van der Waals surface area contributed by atoms with Gasteiger partial charge in [0.25, 0.3) is 10.2 Å². The van der Waals surface area contributed by atoms with Crippen molar-refractivity contribution in [2.45, 2.75) is 0 Å². The molecule has 0 amide bonds. The van der Waals surface area contributed by atoms with E-state index >= 15 is 0 Å². The molecule has 0 atom stereocenters. The summed E-state index contributed by atoms with van der Waals surface area (Å²) < 4.78 is 27.0. The topological polar surface area (TPSA) is 69.6 Å². The van der Waals surface area contributed by atoms with Gasteiger partial charge in [0.2, 0.25) is 0 Å². The van der Waals surface area contributed by atoms with Crippen LogP contribution in [0.3, 0.4) is 0 Å². The van der Waals surface area contributed by atoms with E-state index in [9.17, 15) is 8.42 Å². The summed E-state index contributed by atoms with van der Waals surface area (Å²) in [5, 5.41) is 10.4. The minimum absolute atomic E-state index is 0.450. The summed E-state index contributed by atoms with van der Waals surface area (Å²) in [7, 11) is -0.237. The predicted octanol–water partition coefficient (Wildman–Crippen LogP) is 0.558. The van der Waals surface area contributed by atoms with Crippen LogP contribution in [-0.2, 0) is 10.2 Å². The maximum atomic E-state index is 12.1. The molecule has 7 nitrogen and oxygen atoms in total.